The number of nitrogens with one attached hydrogen (secondary N) is 2. The second-order valence-electron chi connectivity index (χ2n) is 10.3. The van der Waals surface area contributed by atoms with Gasteiger partial charge in [0.15, 0.2) is 16.4 Å². The molecule has 2 heterocycles. The normalized spacial score (nSPS) is 18.1. The minimum atomic E-state index is -4.47. The number of ether oxygens (including phenoxy) is 1. The van der Waals surface area contributed by atoms with Crippen LogP contribution in [0.3, 0.4) is 0 Å². The summed E-state index contributed by atoms with van der Waals surface area (Å²) in [6.07, 6.45) is -1.99. The molecule has 41 heavy (non-hydrogen) atoms. The predicted octanol–water partition coefficient (Wildman–Crippen LogP) is 3.32. The number of carbonyl (C=O) groups is 2. The van der Waals surface area contributed by atoms with Gasteiger partial charge in [-0.05, 0) is 60.2 Å². The van der Waals surface area contributed by atoms with E-state index < -0.39 is 51.5 Å². The molecule has 2 aromatic carbocycles. The van der Waals surface area contributed by atoms with Gasteiger partial charge in [0.25, 0.3) is 5.91 Å². The maximum atomic E-state index is 13.5. The lowest BCUT2D eigenvalue weighted by Gasteiger charge is -2.35. The zero-order valence-electron chi connectivity index (χ0n) is 21.8. The summed E-state index contributed by atoms with van der Waals surface area (Å²) in [5, 5.41) is 10.2. The minimum Gasteiger partial charge on any atom is -0.484 e. The summed E-state index contributed by atoms with van der Waals surface area (Å²) in [6.45, 7) is -1.22. The number of carbonyl (C=O) groups excluding carboxylic acids is 2. The molecule has 1 aromatic heterocycles. The monoisotopic (exact) mass is 594 g/mol. The molecule has 0 fully saturated rings. The molecular formula is C27H26F4N4O5S. The highest BCUT2D eigenvalue weighted by Gasteiger charge is 2.46. The molecule has 5 rings (SSSR count). The smallest absolute Gasteiger partial charge is 0.422 e. The number of rotatable bonds is 8. The maximum absolute atomic E-state index is 13.5. The van der Waals surface area contributed by atoms with E-state index in [1.807, 2.05) is 0 Å². The molecule has 0 saturated carbocycles. The van der Waals surface area contributed by atoms with Crippen molar-refractivity contribution in [1.82, 2.24) is 15.1 Å². The highest BCUT2D eigenvalue weighted by Crippen LogP contribution is 2.44. The lowest BCUT2D eigenvalue weighted by Crippen LogP contribution is -2.49. The number of halogens is 4. The first-order chi connectivity index (χ1) is 19.2. The van der Waals surface area contributed by atoms with Crippen LogP contribution < -0.4 is 15.4 Å². The summed E-state index contributed by atoms with van der Waals surface area (Å²) in [5.41, 5.74) is 1.88. The van der Waals surface area contributed by atoms with E-state index in [-0.39, 0.29) is 30.1 Å². The van der Waals surface area contributed by atoms with Crippen LogP contribution in [-0.4, -0.2) is 54.8 Å². The molecule has 0 saturated heterocycles. The van der Waals surface area contributed by atoms with E-state index in [1.165, 1.54) is 28.9 Å². The molecule has 1 aliphatic heterocycles. The number of hydrogen-bond acceptors (Lipinski definition) is 6. The number of alkyl halides is 3. The molecule has 3 aromatic rings. The SMILES string of the molecule is CS(=O)(=O)CC(=O)Nc1c2c(nn1CCc1ccc(F)cc1)C[C@]1(CCc3cc(OCC(F)(F)F)ccc31)NC2=O. The maximum Gasteiger partial charge on any atom is 0.422 e. The fourth-order valence-corrected chi connectivity index (χ4v) is 5.91. The van der Waals surface area contributed by atoms with Crippen molar-refractivity contribution in [2.24, 2.45) is 0 Å². The van der Waals surface area contributed by atoms with Gasteiger partial charge in [-0.25, -0.2) is 17.5 Å². The van der Waals surface area contributed by atoms with Gasteiger partial charge < -0.3 is 15.4 Å². The number of nitrogens with zero attached hydrogens (tertiary/aromatic N) is 2. The van der Waals surface area contributed by atoms with Gasteiger partial charge in [0.05, 0.1) is 11.2 Å². The Morgan fingerprint density at radius 1 is 1.20 bits per heavy atom. The molecule has 0 unspecified atom stereocenters. The third-order valence-corrected chi connectivity index (χ3v) is 7.85. The molecule has 2 amide bonds. The van der Waals surface area contributed by atoms with E-state index in [0.717, 1.165) is 22.9 Å². The van der Waals surface area contributed by atoms with Crippen molar-refractivity contribution in [3.8, 4) is 5.75 Å². The Hall–Kier alpha value is -3.94. The van der Waals surface area contributed by atoms with Crippen LogP contribution in [0.2, 0.25) is 0 Å². The Labute approximate surface area is 232 Å². The van der Waals surface area contributed by atoms with Crippen LogP contribution in [0, 0.1) is 5.82 Å². The molecule has 1 spiro atoms. The highest BCUT2D eigenvalue weighted by molar-refractivity contribution is 7.91. The number of fused-ring (bicyclic) bond motifs is 3. The average molecular weight is 595 g/mol. The molecule has 2 N–H and O–H groups in total. The summed E-state index contributed by atoms with van der Waals surface area (Å²) in [5.74, 6) is -2.42. The Bertz CT molecular complexity index is 1620. The van der Waals surface area contributed by atoms with E-state index in [4.69, 9.17) is 4.74 Å². The van der Waals surface area contributed by atoms with Crippen molar-refractivity contribution in [3.63, 3.8) is 0 Å². The predicted molar refractivity (Wildman–Crippen MR) is 140 cm³/mol. The van der Waals surface area contributed by atoms with Gasteiger partial charge in [0.1, 0.15) is 28.7 Å². The van der Waals surface area contributed by atoms with Gasteiger partial charge in [-0.3, -0.25) is 9.59 Å². The lowest BCUT2D eigenvalue weighted by molar-refractivity contribution is -0.153. The van der Waals surface area contributed by atoms with E-state index in [0.29, 0.717) is 25.0 Å². The number of anilines is 1. The molecule has 9 nitrogen and oxygen atoms in total. The van der Waals surface area contributed by atoms with Gasteiger partial charge in [0, 0.05) is 19.2 Å². The zero-order valence-corrected chi connectivity index (χ0v) is 22.7. The Balaban J connectivity index is 1.45. The van der Waals surface area contributed by atoms with Crippen molar-refractivity contribution in [1.29, 1.82) is 0 Å². The van der Waals surface area contributed by atoms with Gasteiger partial charge in [0.2, 0.25) is 5.91 Å². The van der Waals surface area contributed by atoms with Gasteiger partial charge >= 0.3 is 6.18 Å². The van der Waals surface area contributed by atoms with Crippen LogP contribution >= 0.6 is 0 Å². The van der Waals surface area contributed by atoms with Crippen molar-refractivity contribution in [3.05, 3.63) is 76.2 Å². The standard InChI is InChI=1S/C27H26F4N4O5S/c1-41(38,39)14-22(36)32-24-23-21(34-35(24)11-9-16-2-4-18(28)5-3-16)13-26(33-25(23)37)10-8-17-12-19(6-7-20(17)26)40-15-27(29,30)31/h2-7,12H,8-11,13-15H2,1H3,(H,32,36)(H,33,37)/t26-/m0/s1. The first-order valence-electron chi connectivity index (χ1n) is 12.7. The molecule has 1 aliphatic carbocycles. The van der Waals surface area contributed by atoms with E-state index in [1.54, 1.807) is 18.2 Å². The van der Waals surface area contributed by atoms with Gasteiger partial charge in [-0.2, -0.15) is 18.3 Å². The third-order valence-electron chi connectivity index (χ3n) is 7.07. The summed E-state index contributed by atoms with van der Waals surface area (Å²) in [4.78, 5) is 26.1. The molecule has 2 aliphatic rings. The second kappa shape index (κ2) is 10.5. The van der Waals surface area contributed by atoms with Gasteiger partial charge in [-0.1, -0.05) is 18.2 Å². The Kier molecular flexibility index (Phi) is 7.30. The summed E-state index contributed by atoms with van der Waals surface area (Å²) >= 11 is 0. The van der Waals surface area contributed by atoms with Crippen LogP contribution in [0.25, 0.3) is 0 Å². The highest BCUT2D eigenvalue weighted by atomic mass is 32.2. The third kappa shape index (κ3) is 6.37. The van der Waals surface area contributed by atoms with Crippen molar-refractivity contribution in [2.75, 3.05) is 23.9 Å². The molecule has 218 valence electrons. The number of aryl methyl sites for hydroxylation is 3. The Morgan fingerprint density at radius 2 is 1.93 bits per heavy atom. The van der Waals surface area contributed by atoms with Crippen LogP contribution in [0.4, 0.5) is 23.4 Å². The van der Waals surface area contributed by atoms with Crippen molar-refractivity contribution in [2.45, 2.75) is 43.9 Å². The second-order valence-corrected chi connectivity index (χ2v) is 12.5. The largest absolute Gasteiger partial charge is 0.484 e. The van der Waals surface area contributed by atoms with E-state index in [2.05, 4.69) is 15.7 Å². The molecule has 1 atom stereocenters. The Morgan fingerprint density at radius 3 is 2.61 bits per heavy atom. The van der Waals surface area contributed by atoms with Crippen molar-refractivity contribution >= 4 is 27.5 Å². The first kappa shape index (κ1) is 28.6. The topological polar surface area (TPSA) is 119 Å². The first-order valence-corrected chi connectivity index (χ1v) is 14.7. The number of amides is 2. The number of benzene rings is 2. The zero-order chi connectivity index (χ0) is 29.6. The van der Waals surface area contributed by atoms with E-state index >= 15 is 0 Å². The fraction of sp³-hybridized carbons (Fsp3) is 0.370. The quantitative estimate of drug-likeness (QED) is 0.387. The molecule has 14 heteroatoms. The van der Waals surface area contributed by atoms with Crippen LogP contribution in [0.5, 0.6) is 5.75 Å². The minimum absolute atomic E-state index is 0.0530. The van der Waals surface area contributed by atoms with Crippen LogP contribution in [0.15, 0.2) is 42.5 Å². The molecule has 0 radical (unpaired) electrons. The average Bonchev–Trinajstić information content (AvgIpc) is 3.38. The summed E-state index contributed by atoms with van der Waals surface area (Å²) < 4.78 is 80.8. The number of hydrogen-bond donors (Lipinski definition) is 2. The molecular weight excluding hydrogens is 568 g/mol. The van der Waals surface area contributed by atoms with E-state index in [9.17, 15) is 35.6 Å². The summed E-state index contributed by atoms with van der Waals surface area (Å²) in [6, 6.07) is 10.4. The van der Waals surface area contributed by atoms with Crippen molar-refractivity contribution < 1.29 is 40.3 Å². The number of sulfone groups is 1. The summed E-state index contributed by atoms with van der Waals surface area (Å²) in [7, 11) is -3.65. The molecule has 0 bridgehead atoms. The van der Waals surface area contributed by atoms with Gasteiger partial charge in [-0.15, -0.1) is 0 Å². The van der Waals surface area contributed by atoms with Crippen LogP contribution in [-0.2, 0) is 46.0 Å². The number of aromatic nitrogens is 2. The lowest BCUT2D eigenvalue weighted by atomic mass is 9.82. The fourth-order valence-electron chi connectivity index (χ4n) is 5.36. The van der Waals surface area contributed by atoms with Crippen LogP contribution in [0.1, 0.15) is 39.2 Å².